The number of halogens is 5. The van der Waals surface area contributed by atoms with Crippen molar-refractivity contribution in [1.29, 1.82) is 0 Å². The average molecular weight is 266 g/mol. The molecule has 1 aromatic carbocycles. The molecule has 1 saturated heterocycles. The van der Waals surface area contributed by atoms with Crippen molar-refractivity contribution in [2.24, 2.45) is 0 Å². The number of nitrogens with one attached hydrogen (secondary N) is 1. The van der Waals surface area contributed by atoms with Crippen molar-refractivity contribution < 1.29 is 31.5 Å². The molecule has 0 atom stereocenters. The summed E-state index contributed by atoms with van der Waals surface area (Å²) in [7, 11) is 0. The zero-order valence-electron chi connectivity index (χ0n) is 8.36. The first kappa shape index (κ1) is 12.3. The van der Waals surface area contributed by atoms with Gasteiger partial charge in [-0.2, -0.15) is 0 Å². The van der Waals surface area contributed by atoms with E-state index < -0.39 is 53.3 Å². The van der Waals surface area contributed by atoms with Gasteiger partial charge < -0.3 is 5.32 Å². The van der Waals surface area contributed by atoms with Crippen molar-refractivity contribution in [2.75, 3.05) is 11.4 Å². The molecule has 9 heteroatoms. The molecule has 1 aliphatic rings. The second-order valence-corrected chi connectivity index (χ2v) is 3.31. The van der Waals surface area contributed by atoms with E-state index in [-0.39, 0.29) is 4.90 Å². The lowest BCUT2D eigenvalue weighted by Gasteiger charge is -2.15. The summed E-state index contributed by atoms with van der Waals surface area (Å²) in [6.45, 7) is -0.585. The fourth-order valence-electron chi connectivity index (χ4n) is 1.44. The summed E-state index contributed by atoms with van der Waals surface area (Å²) in [4.78, 5) is 22.2. The highest BCUT2D eigenvalue weighted by Crippen LogP contribution is 2.31. The third-order valence-corrected chi connectivity index (χ3v) is 2.25. The fraction of sp³-hybridized carbons (Fsp3) is 0.111. The maximum Gasteiger partial charge on any atom is 0.329 e. The largest absolute Gasteiger partial charge is 0.329 e. The zero-order chi connectivity index (χ0) is 13.6. The van der Waals surface area contributed by atoms with E-state index in [9.17, 15) is 31.5 Å². The van der Waals surface area contributed by atoms with Crippen LogP contribution in [0.25, 0.3) is 0 Å². The number of urea groups is 1. The number of carbonyl (C=O) groups is 2. The van der Waals surface area contributed by atoms with Crippen LogP contribution >= 0.6 is 0 Å². The molecule has 0 saturated carbocycles. The third-order valence-electron chi connectivity index (χ3n) is 2.25. The summed E-state index contributed by atoms with van der Waals surface area (Å²) in [6.07, 6.45) is 0. The molecule has 0 aromatic heterocycles. The highest BCUT2D eigenvalue weighted by Gasteiger charge is 2.38. The Labute approximate surface area is 96.0 Å². The Morgan fingerprint density at radius 1 is 0.833 bits per heavy atom. The van der Waals surface area contributed by atoms with Crippen molar-refractivity contribution in [3.8, 4) is 0 Å². The third kappa shape index (κ3) is 1.50. The molecule has 0 spiro atoms. The summed E-state index contributed by atoms with van der Waals surface area (Å²) in [5.74, 6) is -12.4. The summed E-state index contributed by atoms with van der Waals surface area (Å²) in [6, 6.07) is -1.26. The minimum absolute atomic E-state index is 0.129. The van der Waals surface area contributed by atoms with Crippen LogP contribution in [0.4, 0.5) is 32.4 Å². The van der Waals surface area contributed by atoms with Gasteiger partial charge in [-0.15, -0.1) is 0 Å². The maximum absolute atomic E-state index is 13.3. The van der Waals surface area contributed by atoms with Crippen LogP contribution in [0.3, 0.4) is 0 Å². The second-order valence-electron chi connectivity index (χ2n) is 3.31. The molecule has 0 radical (unpaired) electrons. The molecule has 4 nitrogen and oxygen atoms in total. The molecule has 1 aliphatic heterocycles. The van der Waals surface area contributed by atoms with Crippen LogP contribution in [0.15, 0.2) is 0 Å². The highest BCUT2D eigenvalue weighted by molar-refractivity contribution is 6.19. The number of hydrogen-bond donors (Lipinski definition) is 1. The average Bonchev–Trinajstić information content (AvgIpc) is 2.66. The van der Waals surface area contributed by atoms with Crippen molar-refractivity contribution in [3.63, 3.8) is 0 Å². The number of amides is 3. The quantitative estimate of drug-likeness (QED) is 0.362. The predicted molar refractivity (Wildman–Crippen MR) is 47.1 cm³/mol. The number of nitrogens with zero attached hydrogens (tertiary/aromatic N) is 1. The van der Waals surface area contributed by atoms with Crippen LogP contribution in [-0.2, 0) is 4.79 Å². The topological polar surface area (TPSA) is 49.4 Å². The summed E-state index contributed by atoms with van der Waals surface area (Å²) in [5.41, 5.74) is -1.58. The Morgan fingerprint density at radius 3 is 1.67 bits per heavy atom. The van der Waals surface area contributed by atoms with Crippen molar-refractivity contribution in [3.05, 3.63) is 29.1 Å². The standard InChI is InChI=1S/C9H3F5N2O2/c10-3-4(11)6(13)8(7(14)5(3)12)16-2(17)1-15-9(16)18/h1H2,(H,15,18). The molecule has 2 rings (SSSR count). The molecule has 18 heavy (non-hydrogen) atoms. The van der Waals surface area contributed by atoms with Crippen LogP contribution in [0, 0.1) is 29.1 Å². The molecule has 1 fully saturated rings. The molecule has 0 bridgehead atoms. The molecule has 0 aliphatic carbocycles. The van der Waals surface area contributed by atoms with Gasteiger partial charge in [-0.1, -0.05) is 0 Å². The van der Waals surface area contributed by atoms with E-state index in [1.807, 2.05) is 5.32 Å². The summed E-state index contributed by atoms with van der Waals surface area (Å²) >= 11 is 0. The number of imide groups is 1. The van der Waals surface area contributed by atoms with Gasteiger partial charge in [0, 0.05) is 0 Å². The molecule has 1 N–H and O–H groups in total. The van der Waals surface area contributed by atoms with E-state index >= 15 is 0 Å². The number of rotatable bonds is 1. The lowest BCUT2D eigenvalue weighted by Crippen LogP contribution is -2.33. The predicted octanol–water partition coefficient (Wildman–Crippen LogP) is 1.44. The molecule has 96 valence electrons. The minimum atomic E-state index is -2.36. The van der Waals surface area contributed by atoms with Gasteiger partial charge in [0.1, 0.15) is 5.69 Å². The molecule has 1 aromatic rings. The van der Waals surface area contributed by atoms with Gasteiger partial charge in [-0.25, -0.2) is 31.6 Å². The van der Waals surface area contributed by atoms with Gasteiger partial charge in [0.25, 0.3) is 5.91 Å². The Balaban J connectivity index is 2.72. The van der Waals surface area contributed by atoms with Crippen LogP contribution in [0.5, 0.6) is 0 Å². The van der Waals surface area contributed by atoms with Gasteiger partial charge in [0.15, 0.2) is 23.3 Å². The van der Waals surface area contributed by atoms with Crippen molar-refractivity contribution in [2.45, 2.75) is 0 Å². The Bertz CT molecular complexity index is 530. The molecular weight excluding hydrogens is 263 g/mol. The summed E-state index contributed by atoms with van der Waals surface area (Å²) in [5, 5.41) is 1.89. The van der Waals surface area contributed by atoms with Crippen LogP contribution in [0.1, 0.15) is 0 Å². The first-order valence-corrected chi connectivity index (χ1v) is 4.48. The van der Waals surface area contributed by atoms with Gasteiger partial charge in [0.05, 0.1) is 6.54 Å². The minimum Gasteiger partial charge on any atom is -0.328 e. The number of hydrogen-bond acceptors (Lipinski definition) is 2. The lowest BCUT2D eigenvalue weighted by molar-refractivity contribution is -0.115. The normalized spacial score (nSPS) is 15.3. The Hall–Kier alpha value is -2.19. The fourth-order valence-corrected chi connectivity index (χ4v) is 1.44. The number of benzene rings is 1. The molecule has 0 unspecified atom stereocenters. The molecule has 1 heterocycles. The SMILES string of the molecule is O=C1CNC(=O)N1c1c(F)c(F)c(F)c(F)c1F. The van der Waals surface area contributed by atoms with E-state index in [0.29, 0.717) is 0 Å². The van der Waals surface area contributed by atoms with Gasteiger partial charge in [-0.3, -0.25) is 4.79 Å². The highest BCUT2D eigenvalue weighted by atomic mass is 19.2. The summed E-state index contributed by atoms with van der Waals surface area (Å²) < 4.78 is 65.1. The van der Waals surface area contributed by atoms with Crippen molar-refractivity contribution in [1.82, 2.24) is 5.32 Å². The smallest absolute Gasteiger partial charge is 0.328 e. The van der Waals surface area contributed by atoms with Crippen LogP contribution in [0.2, 0.25) is 0 Å². The Kier molecular flexibility index (Phi) is 2.68. The number of carbonyl (C=O) groups excluding carboxylic acids is 2. The van der Waals surface area contributed by atoms with E-state index in [4.69, 9.17) is 0 Å². The molecule has 3 amide bonds. The van der Waals surface area contributed by atoms with E-state index in [1.165, 1.54) is 0 Å². The Morgan fingerprint density at radius 2 is 1.28 bits per heavy atom. The number of anilines is 1. The maximum atomic E-state index is 13.3. The lowest BCUT2D eigenvalue weighted by atomic mass is 10.2. The van der Waals surface area contributed by atoms with Gasteiger partial charge in [0.2, 0.25) is 5.82 Å². The second kappa shape index (κ2) is 3.93. The van der Waals surface area contributed by atoms with Crippen LogP contribution in [-0.4, -0.2) is 18.5 Å². The monoisotopic (exact) mass is 266 g/mol. The zero-order valence-corrected chi connectivity index (χ0v) is 8.36. The van der Waals surface area contributed by atoms with Crippen LogP contribution < -0.4 is 10.2 Å². The van der Waals surface area contributed by atoms with Gasteiger partial charge >= 0.3 is 6.03 Å². The first-order chi connectivity index (χ1) is 8.36. The first-order valence-electron chi connectivity index (χ1n) is 4.48. The van der Waals surface area contributed by atoms with E-state index in [2.05, 4.69) is 0 Å². The van der Waals surface area contributed by atoms with E-state index in [1.54, 1.807) is 0 Å². The van der Waals surface area contributed by atoms with Crippen molar-refractivity contribution >= 4 is 17.6 Å². The molecular formula is C9H3F5N2O2. The van der Waals surface area contributed by atoms with E-state index in [0.717, 1.165) is 0 Å². The van der Waals surface area contributed by atoms with Gasteiger partial charge in [-0.05, 0) is 0 Å².